The van der Waals surface area contributed by atoms with Gasteiger partial charge in [0.15, 0.2) is 6.04 Å². The molecule has 1 fully saturated rings. The summed E-state index contributed by atoms with van der Waals surface area (Å²) in [6.45, 7) is -0.976. The Hall–Kier alpha value is -1.51. The molecule has 22 heavy (non-hydrogen) atoms. The number of likely N-dealkylation sites (N-methyl/N-ethyl adjacent to an activating group) is 1. The number of amides is 1. The number of halogens is 3. The summed E-state index contributed by atoms with van der Waals surface area (Å²) < 4.78 is 14.1. The maximum absolute atomic E-state index is 12.4. The van der Waals surface area contributed by atoms with Crippen molar-refractivity contribution in [3.05, 3.63) is 32.5 Å². The molecule has 0 aliphatic carbocycles. The lowest BCUT2D eigenvalue weighted by Crippen LogP contribution is -2.40. The number of rotatable bonds is 4. The van der Waals surface area contributed by atoms with Crippen molar-refractivity contribution in [2.24, 2.45) is 0 Å². The first-order chi connectivity index (χ1) is 10.3. The van der Waals surface area contributed by atoms with Crippen molar-refractivity contribution >= 4 is 34.8 Å². The highest BCUT2D eigenvalue weighted by Gasteiger charge is 2.47. The monoisotopic (exact) mass is 351 g/mol. The molecule has 1 aromatic heterocycles. The second-order valence-corrected chi connectivity index (χ2v) is 5.64. The number of carbonyl (C=O) groups is 1. The molecule has 1 N–H and O–H groups in total. The molecule has 1 aliphatic heterocycles. The van der Waals surface area contributed by atoms with Crippen LogP contribution in [0.1, 0.15) is 0 Å². The fraction of sp³-hybridized carbons (Fsp3) is 0.500. The molecular formula is C12H14Cl2FN4O3+. The van der Waals surface area contributed by atoms with E-state index in [-0.39, 0.29) is 23.8 Å². The third-order valence-electron chi connectivity index (χ3n) is 3.36. The van der Waals surface area contributed by atoms with E-state index in [9.17, 15) is 18.9 Å². The zero-order chi connectivity index (χ0) is 16.4. The minimum absolute atomic E-state index is 0.0750. The molecule has 2 atom stereocenters. The largest absolute Gasteiger partial charge is 0.335 e. The Labute approximate surface area is 135 Å². The van der Waals surface area contributed by atoms with E-state index in [1.807, 2.05) is 0 Å². The van der Waals surface area contributed by atoms with Crippen LogP contribution in [0.5, 0.6) is 0 Å². The number of hydrogen-bond acceptors (Lipinski definition) is 4. The van der Waals surface area contributed by atoms with Crippen molar-refractivity contribution < 1.29 is 13.9 Å². The van der Waals surface area contributed by atoms with Gasteiger partial charge in [-0.15, -0.1) is 0 Å². The van der Waals surface area contributed by atoms with Gasteiger partial charge in [-0.05, 0) is 24.7 Å². The van der Waals surface area contributed by atoms with Crippen molar-refractivity contribution in [2.75, 3.05) is 25.6 Å². The van der Waals surface area contributed by atoms with E-state index in [1.165, 1.54) is 17.2 Å². The molecule has 2 rings (SSSR count). The Morgan fingerprint density at radius 1 is 1.59 bits per heavy atom. The van der Waals surface area contributed by atoms with Gasteiger partial charge in [-0.3, -0.25) is 9.59 Å². The standard InChI is InChI=1S/C12H13Cl2FN4O3/c1-17-9(6-19(22)12(17)14)10(20)16-7-4-8(13)11(21)18(5-7)3-2-15/h4-5,9,12H,2-3,6H2,1H3/p+1. The van der Waals surface area contributed by atoms with Gasteiger partial charge < -0.3 is 9.88 Å². The normalized spacial score (nSPS) is 22.1. The first-order valence-electron chi connectivity index (χ1n) is 6.41. The number of anilines is 1. The molecule has 120 valence electrons. The first kappa shape index (κ1) is 16.9. The molecule has 7 nitrogen and oxygen atoms in total. The maximum atomic E-state index is 12.4. The summed E-state index contributed by atoms with van der Waals surface area (Å²) >= 11 is 11.6. The van der Waals surface area contributed by atoms with Crippen molar-refractivity contribution in [2.45, 2.75) is 18.2 Å². The zero-order valence-corrected chi connectivity index (χ0v) is 13.1. The van der Waals surface area contributed by atoms with Crippen LogP contribution < -0.4 is 10.9 Å². The van der Waals surface area contributed by atoms with Crippen LogP contribution in [-0.2, 0) is 11.3 Å². The van der Waals surface area contributed by atoms with E-state index in [0.717, 1.165) is 4.57 Å². The average Bonchev–Trinajstić information content (AvgIpc) is 2.72. The van der Waals surface area contributed by atoms with Gasteiger partial charge >= 0.3 is 5.62 Å². The number of nitrogens with zero attached hydrogens (tertiary/aromatic N) is 3. The number of pyridine rings is 1. The molecule has 1 aromatic rings. The highest BCUT2D eigenvalue weighted by Crippen LogP contribution is 2.19. The first-order valence-corrected chi connectivity index (χ1v) is 7.23. The molecule has 10 heteroatoms. The summed E-state index contributed by atoms with van der Waals surface area (Å²) in [5.74, 6) is -0.465. The molecule has 0 bridgehead atoms. The summed E-state index contributed by atoms with van der Waals surface area (Å²) in [6, 6.07) is 0.541. The van der Waals surface area contributed by atoms with Crippen LogP contribution in [0.25, 0.3) is 0 Å². The molecule has 0 spiro atoms. The minimum Gasteiger partial charge on any atom is -0.323 e. The van der Waals surface area contributed by atoms with E-state index in [2.05, 4.69) is 5.32 Å². The molecular weight excluding hydrogens is 338 g/mol. The van der Waals surface area contributed by atoms with E-state index in [1.54, 1.807) is 7.05 Å². The Kier molecular flexibility index (Phi) is 5.15. The Morgan fingerprint density at radius 3 is 2.82 bits per heavy atom. The fourth-order valence-electron chi connectivity index (χ4n) is 2.16. The molecule has 2 unspecified atom stereocenters. The van der Waals surface area contributed by atoms with Gasteiger partial charge in [0, 0.05) is 15.9 Å². The Morgan fingerprint density at radius 2 is 2.27 bits per heavy atom. The predicted octanol–water partition coefficient (Wildman–Crippen LogP) is 1.02. The number of aromatic nitrogens is 1. The van der Waals surface area contributed by atoms with Crippen molar-refractivity contribution in [1.29, 1.82) is 0 Å². The number of nitrogens with one attached hydrogen (secondary N) is 1. The van der Waals surface area contributed by atoms with E-state index in [0.29, 0.717) is 4.76 Å². The number of aryl methyl sites for hydroxylation is 1. The highest BCUT2D eigenvalue weighted by atomic mass is 35.5. The van der Waals surface area contributed by atoms with Gasteiger partial charge in [-0.1, -0.05) is 11.6 Å². The quantitative estimate of drug-likeness (QED) is 0.499. The van der Waals surface area contributed by atoms with Crippen LogP contribution in [0, 0.1) is 4.91 Å². The molecule has 1 aliphatic rings. The SMILES string of the molecule is CN1C(C(=O)Nc2cc(Cl)c(=O)n(CCF)c2)C[N+](=O)C1Cl. The predicted molar refractivity (Wildman–Crippen MR) is 80.0 cm³/mol. The molecule has 0 aromatic carbocycles. The lowest BCUT2D eigenvalue weighted by Gasteiger charge is -2.15. The highest BCUT2D eigenvalue weighted by molar-refractivity contribution is 6.30. The Bertz CT molecular complexity index is 666. The van der Waals surface area contributed by atoms with Gasteiger partial charge in [0.2, 0.25) is 12.5 Å². The summed E-state index contributed by atoms with van der Waals surface area (Å²) in [4.78, 5) is 36.7. The number of carbonyl (C=O) groups excluding carboxylic acids is 1. The second-order valence-electron chi connectivity index (χ2n) is 4.85. The molecule has 2 heterocycles. The van der Waals surface area contributed by atoms with Crippen LogP contribution in [0.4, 0.5) is 10.1 Å². The van der Waals surface area contributed by atoms with Crippen molar-refractivity contribution in [3.63, 3.8) is 0 Å². The number of nitroso groups, excluding NO2 is 1. The summed E-state index contributed by atoms with van der Waals surface area (Å²) in [5.41, 5.74) is -1.21. The van der Waals surface area contributed by atoms with Gasteiger partial charge in [-0.25, -0.2) is 9.29 Å². The second kappa shape index (κ2) is 6.72. The van der Waals surface area contributed by atoms with Gasteiger partial charge in [0.1, 0.15) is 11.7 Å². The van der Waals surface area contributed by atoms with Crippen molar-refractivity contribution in [3.8, 4) is 0 Å². The lowest BCUT2D eigenvalue weighted by molar-refractivity contribution is -0.553. The van der Waals surface area contributed by atoms with Crippen LogP contribution in [0.2, 0.25) is 5.02 Å². The molecule has 0 saturated carbocycles. The minimum atomic E-state index is -0.917. The number of hydrogen-bond donors (Lipinski definition) is 1. The van der Waals surface area contributed by atoms with E-state index in [4.69, 9.17) is 23.2 Å². The van der Waals surface area contributed by atoms with Crippen molar-refractivity contribution in [1.82, 2.24) is 9.47 Å². The van der Waals surface area contributed by atoms with Gasteiger partial charge in [-0.2, -0.15) is 0 Å². The number of alkyl halides is 2. The van der Waals surface area contributed by atoms with Crippen LogP contribution in [-0.4, -0.2) is 52.1 Å². The van der Waals surface area contributed by atoms with E-state index >= 15 is 0 Å². The van der Waals surface area contributed by atoms with Gasteiger partial charge in [0.05, 0.1) is 12.2 Å². The third kappa shape index (κ3) is 3.29. The fourth-order valence-corrected chi connectivity index (χ4v) is 2.60. The third-order valence-corrected chi connectivity index (χ3v) is 4.15. The Balaban J connectivity index is 2.19. The summed E-state index contributed by atoms with van der Waals surface area (Å²) in [6.07, 6.45) is 1.30. The van der Waals surface area contributed by atoms with Crippen LogP contribution >= 0.6 is 23.2 Å². The molecule has 1 saturated heterocycles. The van der Waals surface area contributed by atoms with Crippen LogP contribution in [0.3, 0.4) is 0 Å². The topological polar surface area (TPSA) is 74.4 Å². The van der Waals surface area contributed by atoms with E-state index < -0.39 is 29.8 Å². The summed E-state index contributed by atoms with van der Waals surface area (Å²) in [5, 5.41) is 2.42. The van der Waals surface area contributed by atoms with Gasteiger partial charge in [0.25, 0.3) is 5.56 Å². The van der Waals surface area contributed by atoms with Crippen LogP contribution in [0.15, 0.2) is 17.1 Å². The zero-order valence-electron chi connectivity index (χ0n) is 11.6. The average molecular weight is 352 g/mol. The lowest BCUT2D eigenvalue weighted by atomic mass is 10.2. The molecule has 0 radical (unpaired) electrons. The summed E-state index contributed by atoms with van der Waals surface area (Å²) in [7, 11) is 1.55. The molecule has 1 amide bonds. The smallest absolute Gasteiger partial charge is 0.323 e. The maximum Gasteiger partial charge on any atom is 0.335 e.